The Kier molecular flexibility index (Phi) is 6.01. The molecule has 116 valence electrons. The summed E-state index contributed by atoms with van der Waals surface area (Å²) in [5.41, 5.74) is 8.12. The van der Waals surface area contributed by atoms with Gasteiger partial charge in [0.1, 0.15) is 0 Å². The van der Waals surface area contributed by atoms with Crippen molar-refractivity contribution in [2.45, 2.75) is 32.7 Å². The van der Waals surface area contributed by atoms with E-state index in [1.54, 1.807) is 0 Å². The Morgan fingerprint density at radius 1 is 1.52 bits per heavy atom. The van der Waals surface area contributed by atoms with E-state index in [-0.39, 0.29) is 11.9 Å². The van der Waals surface area contributed by atoms with Gasteiger partial charge in [-0.2, -0.15) is 0 Å². The molecule has 0 spiro atoms. The second-order valence-corrected chi connectivity index (χ2v) is 7.11. The maximum Gasteiger partial charge on any atom is 0.238 e. The lowest BCUT2D eigenvalue weighted by molar-refractivity contribution is -0.117. The highest BCUT2D eigenvalue weighted by Crippen LogP contribution is 2.20. The molecule has 4 nitrogen and oxygen atoms in total. The van der Waals surface area contributed by atoms with Gasteiger partial charge in [0.15, 0.2) is 0 Å². The van der Waals surface area contributed by atoms with E-state index in [9.17, 15) is 4.79 Å². The number of benzene rings is 1. The number of nitrogens with zero attached hydrogens (tertiary/aromatic N) is 1. The number of nitrogens with two attached hydrogens (primary N) is 1. The predicted octanol–water partition coefficient (Wildman–Crippen LogP) is 2.60. The summed E-state index contributed by atoms with van der Waals surface area (Å²) in [4.78, 5) is 14.4. The number of anilines is 1. The monoisotopic (exact) mass is 401 g/mol. The lowest BCUT2D eigenvalue weighted by atomic mass is 9.91. The number of carbonyl (C=O) groups excluding carboxylic acids is 1. The summed E-state index contributed by atoms with van der Waals surface area (Å²) in [5.74, 6) is 0.566. The number of carbonyl (C=O) groups is 1. The molecule has 1 aliphatic rings. The fourth-order valence-electron chi connectivity index (χ4n) is 2.86. The molecule has 1 heterocycles. The van der Waals surface area contributed by atoms with E-state index in [2.05, 4.69) is 45.8 Å². The van der Waals surface area contributed by atoms with Crippen molar-refractivity contribution in [1.29, 1.82) is 0 Å². The molecule has 0 saturated carbocycles. The number of amides is 1. The van der Waals surface area contributed by atoms with Crippen LogP contribution in [0.15, 0.2) is 18.2 Å². The van der Waals surface area contributed by atoms with Crippen LogP contribution in [0.4, 0.5) is 5.69 Å². The van der Waals surface area contributed by atoms with Gasteiger partial charge in [0.05, 0.1) is 6.54 Å². The van der Waals surface area contributed by atoms with Gasteiger partial charge < -0.3 is 11.1 Å². The summed E-state index contributed by atoms with van der Waals surface area (Å²) in [6, 6.07) is 6.34. The highest BCUT2D eigenvalue weighted by atomic mass is 127. The molecule has 21 heavy (non-hydrogen) atoms. The van der Waals surface area contributed by atoms with Crippen LogP contribution in [-0.2, 0) is 4.79 Å². The van der Waals surface area contributed by atoms with E-state index in [1.807, 2.05) is 19.1 Å². The van der Waals surface area contributed by atoms with Crippen molar-refractivity contribution < 1.29 is 4.79 Å². The fraction of sp³-hybridized carbons (Fsp3) is 0.562. The SMILES string of the molecule is CCC1CN(CC(=O)Nc2ccc(I)cc2C)CCC1N. The molecule has 1 aromatic rings. The molecule has 0 aromatic heterocycles. The normalized spacial score (nSPS) is 23.0. The Morgan fingerprint density at radius 3 is 2.95 bits per heavy atom. The molecule has 1 aromatic carbocycles. The molecule has 0 aliphatic carbocycles. The van der Waals surface area contributed by atoms with Crippen LogP contribution < -0.4 is 11.1 Å². The zero-order valence-electron chi connectivity index (χ0n) is 12.7. The number of piperidine rings is 1. The molecule has 2 unspecified atom stereocenters. The van der Waals surface area contributed by atoms with Crippen LogP contribution in [0.2, 0.25) is 0 Å². The van der Waals surface area contributed by atoms with Crippen molar-refractivity contribution in [3.8, 4) is 0 Å². The largest absolute Gasteiger partial charge is 0.327 e. The smallest absolute Gasteiger partial charge is 0.238 e. The second kappa shape index (κ2) is 7.56. The molecule has 1 saturated heterocycles. The van der Waals surface area contributed by atoms with Gasteiger partial charge >= 0.3 is 0 Å². The summed E-state index contributed by atoms with van der Waals surface area (Å²) in [5, 5.41) is 3.01. The maximum atomic E-state index is 12.2. The van der Waals surface area contributed by atoms with Crippen LogP contribution in [0.1, 0.15) is 25.3 Å². The third-order valence-electron chi connectivity index (χ3n) is 4.23. The van der Waals surface area contributed by atoms with E-state index in [1.165, 1.54) is 3.57 Å². The topological polar surface area (TPSA) is 58.4 Å². The van der Waals surface area contributed by atoms with Crippen LogP contribution in [0, 0.1) is 16.4 Å². The molecule has 1 fully saturated rings. The molecule has 5 heteroatoms. The number of aryl methyl sites for hydroxylation is 1. The average Bonchev–Trinajstić information content (AvgIpc) is 2.44. The molecular weight excluding hydrogens is 377 g/mol. The predicted molar refractivity (Wildman–Crippen MR) is 95.3 cm³/mol. The summed E-state index contributed by atoms with van der Waals surface area (Å²) in [6.07, 6.45) is 2.06. The van der Waals surface area contributed by atoms with Crippen molar-refractivity contribution in [3.05, 3.63) is 27.3 Å². The molecule has 2 atom stereocenters. The zero-order valence-corrected chi connectivity index (χ0v) is 14.9. The van der Waals surface area contributed by atoms with Crippen LogP contribution in [-0.4, -0.2) is 36.5 Å². The van der Waals surface area contributed by atoms with Crippen molar-refractivity contribution in [2.75, 3.05) is 25.0 Å². The number of hydrogen-bond donors (Lipinski definition) is 2. The highest BCUT2D eigenvalue weighted by molar-refractivity contribution is 14.1. The van der Waals surface area contributed by atoms with Gasteiger partial charge in [0.25, 0.3) is 0 Å². The Morgan fingerprint density at radius 2 is 2.29 bits per heavy atom. The van der Waals surface area contributed by atoms with E-state index >= 15 is 0 Å². The second-order valence-electron chi connectivity index (χ2n) is 5.86. The van der Waals surface area contributed by atoms with Crippen LogP contribution >= 0.6 is 22.6 Å². The number of hydrogen-bond acceptors (Lipinski definition) is 3. The third-order valence-corrected chi connectivity index (χ3v) is 4.90. The Balaban J connectivity index is 1.90. The van der Waals surface area contributed by atoms with E-state index in [0.29, 0.717) is 12.5 Å². The third kappa shape index (κ3) is 4.66. The minimum atomic E-state index is 0.0598. The van der Waals surface area contributed by atoms with Gasteiger partial charge in [0, 0.05) is 28.4 Å². The summed E-state index contributed by atoms with van der Waals surface area (Å²) >= 11 is 2.28. The Labute approximate surface area is 140 Å². The first-order valence-electron chi connectivity index (χ1n) is 7.53. The number of likely N-dealkylation sites (tertiary alicyclic amines) is 1. The van der Waals surface area contributed by atoms with E-state index in [4.69, 9.17) is 5.73 Å². The van der Waals surface area contributed by atoms with Gasteiger partial charge in [-0.25, -0.2) is 0 Å². The quantitative estimate of drug-likeness (QED) is 0.763. The summed E-state index contributed by atoms with van der Waals surface area (Å²) < 4.78 is 1.18. The maximum absolute atomic E-state index is 12.2. The number of nitrogens with one attached hydrogen (secondary N) is 1. The van der Waals surface area contributed by atoms with E-state index < -0.39 is 0 Å². The zero-order chi connectivity index (χ0) is 15.4. The minimum Gasteiger partial charge on any atom is -0.327 e. The van der Waals surface area contributed by atoms with Crippen molar-refractivity contribution >= 4 is 34.2 Å². The van der Waals surface area contributed by atoms with Gasteiger partial charge in [-0.15, -0.1) is 0 Å². The van der Waals surface area contributed by atoms with Gasteiger partial charge in [0.2, 0.25) is 5.91 Å². The Bertz CT molecular complexity index is 506. The van der Waals surface area contributed by atoms with Gasteiger partial charge in [-0.3, -0.25) is 9.69 Å². The Hall–Kier alpha value is -0.660. The number of rotatable bonds is 4. The summed E-state index contributed by atoms with van der Waals surface area (Å²) in [7, 11) is 0. The number of halogens is 1. The standard InChI is InChI=1S/C16H24IN3O/c1-3-12-9-20(7-6-14(12)18)10-16(21)19-15-5-4-13(17)8-11(15)2/h4-5,8,12,14H,3,6-7,9-10,18H2,1-2H3,(H,19,21). The highest BCUT2D eigenvalue weighted by Gasteiger charge is 2.26. The minimum absolute atomic E-state index is 0.0598. The van der Waals surface area contributed by atoms with Gasteiger partial charge in [-0.05, 0) is 65.6 Å². The molecule has 0 radical (unpaired) electrons. The lowest BCUT2D eigenvalue weighted by Gasteiger charge is -2.36. The lowest BCUT2D eigenvalue weighted by Crippen LogP contribution is -2.48. The van der Waals surface area contributed by atoms with Gasteiger partial charge in [-0.1, -0.05) is 13.3 Å². The van der Waals surface area contributed by atoms with Crippen molar-refractivity contribution in [2.24, 2.45) is 11.7 Å². The molecular formula is C16H24IN3O. The van der Waals surface area contributed by atoms with Crippen molar-refractivity contribution in [3.63, 3.8) is 0 Å². The van der Waals surface area contributed by atoms with Crippen LogP contribution in [0.3, 0.4) is 0 Å². The molecule has 1 amide bonds. The van der Waals surface area contributed by atoms with Crippen LogP contribution in [0.5, 0.6) is 0 Å². The van der Waals surface area contributed by atoms with Crippen molar-refractivity contribution in [1.82, 2.24) is 4.90 Å². The first kappa shape index (κ1) is 16.7. The van der Waals surface area contributed by atoms with Crippen LogP contribution in [0.25, 0.3) is 0 Å². The molecule has 0 bridgehead atoms. The first-order chi connectivity index (χ1) is 9.99. The molecule has 3 N–H and O–H groups in total. The summed E-state index contributed by atoms with van der Waals surface area (Å²) in [6.45, 7) is 6.48. The average molecular weight is 401 g/mol. The molecule has 1 aliphatic heterocycles. The first-order valence-corrected chi connectivity index (χ1v) is 8.61. The fourth-order valence-corrected chi connectivity index (χ4v) is 3.51. The van der Waals surface area contributed by atoms with E-state index in [0.717, 1.165) is 37.2 Å². The molecule has 2 rings (SSSR count).